The zero-order chi connectivity index (χ0) is 13.8. The van der Waals surface area contributed by atoms with Gasteiger partial charge in [0.2, 0.25) is 11.8 Å². The molecule has 0 bridgehead atoms. The van der Waals surface area contributed by atoms with Crippen LogP contribution in [0.1, 0.15) is 26.2 Å². The van der Waals surface area contributed by atoms with E-state index >= 15 is 0 Å². The Morgan fingerprint density at radius 2 is 1.53 bits per heavy atom. The third-order valence-corrected chi connectivity index (χ3v) is 1.87. The molecule has 100 valence electrons. The maximum Gasteiger partial charge on any atom is 0.303 e. The van der Waals surface area contributed by atoms with E-state index in [2.05, 4.69) is 12.8 Å². The maximum atomic E-state index is 10.4. The molecule has 0 unspecified atom stereocenters. The lowest BCUT2D eigenvalue weighted by Gasteiger charge is -1.99. The monoisotopic (exact) mass is 267 g/mol. The first-order chi connectivity index (χ1) is 7.90. The second kappa shape index (κ2) is 11.4. The average molecular weight is 267 g/mol. The van der Waals surface area contributed by atoms with Crippen LogP contribution in [0.15, 0.2) is 0 Å². The fraction of sp³-hybridized carbons (Fsp3) is 0.667. The average Bonchev–Trinajstić information content (AvgIpc) is 2.61. The van der Waals surface area contributed by atoms with Crippen LogP contribution in [0.2, 0.25) is 0 Å². The number of nitrogens with zero attached hydrogens (tertiary/aromatic N) is 1. The van der Waals surface area contributed by atoms with E-state index in [1.807, 2.05) is 0 Å². The Labute approximate surface area is 105 Å². The molecule has 2 amide bonds. The molecule has 1 aliphatic rings. The van der Waals surface area contributed by atoms with Gasteiger partial charge in [-0.05, 0) is 0 Å². The van der Waals surface area contributed by atoms with E-state index in [-0.39, 0.29) is 31.4 Å². The van der Waals surface area contributed by atoms with E-state index in [4.69, 9.17) is 15.3 Å². The van der Waals surface area contributed by atoms with E-state index in [0.717, 1.165) is 4.31 Å². The van der Waals surface area contributed by atoms with Crippen LogP contribution in [0.5, 0.6) is 0 Å². The van der Waals surface area contributed by atoms with Gasteiger partial charge >= 0.3 is 5.97 Å². The van der Waals surface area contributed by atoms with Crippen LogP contribution in [0.25, 0.3) is 0 Å². The molecule has 0 saturated carbocycles. The number of imide groups is 1. The molecule has 1 aliphatic heterocycles. The topological polar surface area (TPSA) is 115 Å². The number of hydrogen-bond donors (Lipinski definition) is 4. The lowest BCUT2D eigenvalue weighted by Crippen LogP contribution is -2.17. The van der Waals surface area contributed by atoms with Crippen LogP contribution < -0.4 is 0 Å². The molecule has 3 N–H and O–H groups in total. The molecule has 1 saturated heterocycles. The highest BCUT2D eigenvalue weighted by molar-refractivity contribution is 7.79. The van der Waals surface area contributed by atoms with Crippen LogP contribution in [0.3, 0.4) is 0 Å². The van der Waals surface area contributed by atoms with Crippen molar-refractivity contribution in [3.8, 4) is 0 Å². The number of aliphatic carboxylic acids is 1. The molecule has 1 fully saturated rings. The van der Waals surface area contributed by atoms with Crippen molar-refractivity contribution in [2.45, 2.75) is 26.2 Å². The first-order valence-corrected chi connectivity index (χ1v) is 5.28. The van der Waals surface area contributed by atoms with E-state index < -0.39 is 5.97 Å². The summed E-state index contributed by atoms with van der Waals surface area (Å²) < 4.78 is 0.861. The van der Waals surface area contributed by atoms with Gasteiger partial charge in [0.05, 0.1) is 13.2 Å². The zero-order valence-corrected chi connectivity index (χ0v) is 10.4. The highest BCUT2D eigenvalue weighted by Crippen LogP contribution is 2.12. The zero-order valence-electron chi connectivity index (χ0n) is 9.50. The lowest BCUT2D eigenvalue weighted by atomic mass is 10.4. The summed E-state index contributed by atoms with van der Waals surface area (Å²) in [4.78, 5) is 30.2. The second-order valence-electron chi connectivity index (χ2n) is 2.79. The summed E-state index contributed by atoms with van der Waals surface area (Å²) in [7, 11) is 0. The third kappa shape index (κ3) is 11.1. The Balaban J connectivity index is 0. The number of carboxylic acids is 1. The van der Waals surface area contributed by atoms with Crippen molar-refractivity contribution in [1.29, 1.82) is 0 Å². The van der Waals surface area contributed by atoms with E-state index in [1.165, 1.54) is 0 Å². The van der Waals surface area contributed by atoms with Gasteiger partial charge < -0.3 is 15.3 Å². The Kier molecular flexibility index (Phi) is 12.2. The molecule has 0 aromatic heterocycles. The Morgan fingerprint density at radius 1 is 1.24 bits per heavy atom. The molecule has 1 heterocycles. The molecule has 0 atom stereocenters. The van der Waals surface area contributed by atoms with Gasteiger partial charge in [-0.2, -0.15) is 0 Å². The van der Waals surface area contributed by atoms with Crippen molar-refractivity contribution < 1.29 is 29.7 Å². The van der Waals surface area contributed by atoms with Gasteiger partial charge in [-0.25, -0.2) is 4.31 Å². The molecule has 0 aliphatic carbocycles. The number of aliphatic hydroxyl groups excluding tert-OH is 2. The quantitative estimate of drug-likeness (QED) is 0.393. The van der Waals surface area contributed by atoms with Crippen LogP contribution in [-0.4, -0.2) is 50.6 Å². The highest BCUT2D eigenvalue weighted by atomic mass is 32.1. The molecule has 17 heavy (non-hydrogen) atoms. The van der Waals surface area contributed by atoms with E-state index in [1.54, 1.807) is 6.92 Å². The molecule has 0 spiro atoms. The van der Waals surface area contributed by atoms with Gasteiger partial charge in [-0.3, -0.25) is 14.4 Å². The van der Waals surface area contributed by atoms with Crippen molar-refractivity contribution in [3.63, 3.8) is 0 Å². The highest BCUT2D eigenvalue weighted by Gasteiger charge is 2.25. The molecular formula is C9H17NO6S. The number of carbonyl (C=O) groups excluding carboxylic acids is 2. The molecule has 0 aromatic carbocycles. The molecule has 0 radical (unpaired) electrons. The van der Waals surface area contributed by atoms with Gasteiger partial charge in [0.25, 0.3) is 0 Å². The van der Waals surface area contributed by atoms with Crippen molar-refractivity contribution in [2.75, 3.05) is 13.2 Å². The minimum absolute atomic E-state index is 0.125. The summed E-state index contributed by atoms with van der Waals surface area (Å²) in [6.45, 7) is 1.35. The third-order valence-electron chi connectivity index (χ3n) is 1.43. The summed E-state index contributed by atoms with van der Waals surface area (Å²) in [6.07, 6.45) is 0.866. The predicted octanol–water partition coefficient (Wildman–Crippen LogP) is -0.568. The molecule has 1 rings (SSSR count). The Hall–Kier alpha value is -1.12. The fourth-order valence-electron chi connectivity index (χ4n) is 0.565. The first kappa shape index (κ1) is 18.3. The Morgan fingerprint density at radius 3 is 1.59 bits per heavy atom. The van der Waals surface area contributed by atoms with Crippen molar-refractivity contribution in [1.82, 2.24) is 4.31 Å². The minimum Gasteiger partial charge on any atom is -0.481 e. The smallest absolute Gasteiger partial charge is 0.303 e. The second-order valence-corrected chi connectivity index (χ2v) is 3.19. The predicted molar refractivity (Wildman–Crippen MR) is 62.2 cm³/mol. The standard InChI is InChI=1S/C4H5NO2S.C3H6O2.C2H6O2/c6-3-1-2-4(7)5(3)8;1-2-3(4)5;3-1-2-4/h8H,1-2H2;2H2,1H3,(H,4,5);3-4H,1-2H2. The number of carbonyl (C=O) groups is 3. The van der Waals surface area contributed by atoms with Crippen LogP contribution in [0, 0.1) is 0 Å². The summed E-state index contributed by atoms with van der Waals surface area (Å²) in [5.41, 5.74) is 0. The van der Waals surface area contributed by atoms with Crippen LogP contribution >= 0.6 is 12.8 Å². The van der Waals surface area contributed by atoms with E-state index in [0.29, 0.717) is 12.8 Å². The van der Waals surface area contributed by atoms with Crippen molar-refractivity contribution in [2.24, 2.45) is 0 Å². The van der Waals surface area contributed by atoms with Gasteiger partial charge in [0.15, 0.2) is 0 Å². The molecular weight excluding hydrogens is 250 g/mol. The number of carboxylic acid groups (broad SMARTS) is 1. The Bertz CT molecular complexity index is 240. The van der Waals surface area contributed by atoms with Crippen molar-refractivity contribution >= 4 is 30.6 Å². The summed E-state index contributed by atoms with van der Waals surface area (Å²) in [5.74, 6) is -1.14. The van der Waals surface area contributed by atoms with Crippen LogP contribution in [0.4, 0.5) is 0 Å². The summed E-state index contributed by atoms with van der Waals surface area (Å²) in [5, 5.41) is 23.0. The molecule has 7 nitrogen and oxygen atoms in total. The van der Waals surface area contributed by atoms with Gasteiger partial charge in [-0.1, -0.05) is 19.7 Å². The van der Waals surface area contributed by atoms with Gasteiger partial charge in [0, 0.05) is 19.3 Å². The van der Waals surface area contributed by atoms with Gasteiger partial charge in [-0.15, -0.1) is 0 Å². The number of thiol groups is 1. The minimum atomic E-state index is -0.745. The number of aliphatic hydroxyl groups is 2. The number of amides is 2. The van der Waals surface area contributed by atoms with Crippen molar-refractivity contribution in [3.05, 3.63) is 0 Å². The summed E-state index contributed by atoms with van der Waals surface area (Å²) in [6, 6.07) is 0. The van der Waals surface area contributed by atoms with Crippen LogP contribution in [-0.2, 0) is 14.4 Å². The van der Waals surface area contributed by atoms with E-state index in [9.17, 15) is 14.4 Å². The fourth-order valence-corrected chi connectivity index (χ4v) is 0.765. The number of rotatable bonds is 2. The summed E-state index contributed by atoms with van der Waals surface area (Å²) >= 11 is 3.62. The maximum absolute atomic E-state index is 10.4. The number of hydrogen-bond acceptors (Lipinski definition) is 6. The largest absolute Gasteiger partial charge is 0.481 e. The SMILES string of the molecule is CCC(=O)O.O=C1CCC(=O)N1S.OCCO. The first-order valence-electron chi connectivity index (χ1n) is 4.88. The normalized spacial score (nSPS) is 13.5. The molecule has 0 aromatic rings. The van der Waals surface area contributed by atoms with Gasteiger partial charge in [0.1, 0.15) is 0 Å². The lowest BCUT2D eigenvalue weighted by molar-refractivity contribution is -0.136. The molecule has 8 heteroatoms.